The molecule has 164 valence electrons. The van der Waals surface area contributed by atoms with Crippen molar-refractivity contribution in [3.05, 3.63) is 0 Å². The lowest BCUT2D eigenvalue weighted by Gasteiger charge is -2.20. The van der Waals surface area contributed by atoms with Crippen LogP contribution in [0.1, 0.15) is 26.2 Å². The number of nitrogens with one attached hydrogen (secondary N) is 3. The molecule has 0 rings (SSSR count). The van der Waals surface area contributed by atoms with Gasteiger partial charge in [0.05, 0.1) is 19.1 Å². The molecule has 0 aromatic rings. The van der Waals surface area contributed by atoms with Gasteiger partial charge in [-0.05, 0) is 13.3 Å². The molecule has 0 saturated heterocycles. The fourth-order valence-electron chi connectivity index (χ4n) is 1.95. The summed E-state index contributed by atoms with van der Waals surface area (Å²) in [5.41, 5.74) is 10.3. The molecule has 0 spiro atoms. The number of carboxylic acid groups (broad SMARTS) is 2. The second-order valence-electron chi connectivity index (χ2n) is 6.11. The Balaban J connectivity index is 4.96. The molecule has 0 aromatic heterocycles. The zero-order chi connectivity index (χ0) is 22.7. The first-order chi connectivity index (χ1) is 13.3. The van der Waals surface area contributed by atoms with E-state index in [0.29, 0.717) is 0 Å². The van der Waals surface area contributed by atoms with E-state index in [9.17, 15) is 33.9 Å². The van der Waals surface area contributed by atoms with E-state index in [1.54, 1.807) is 0 Å². The molecule has 0 fully saturated rings. The van der Waals surface area contributed by atoms with Gasteiger partial charge in [-0.3, -0.25) is 24.0 Å². The first-order valence-electron chi connectivity index (χ1n) is 8.39. The van der Waals surface area contributed by atoms with Crippen LogP contribution in [0, 0.1) is 0 Å². The third-order valence-electron chi connectivity index (χ3n) is 3.57. The average molecular weight is 419 g/mol. The summed E-state index contributed by atoms with van der Waals surface area (Å²) >= 11 is 0. The van der Waals surface area contributed by atoms with Crippen molar-refractivity contribution in [2.75, 3.05) is 6.54 Å². The molecule has 0 aliphatic heterocycles. The Morgan fingerprint density at radius 3 is 2.00 bits per heavy atom. The zero-order valence-electron chi connectivity index (χ0n) is 15.6. The Hall–Kier alpha value is -3.26. The second kappa shape index (κ2) is 12.2. The summed E-state index contributed by atoms with van der Waals surface area (Å²) in [4.78, 5) is 68.5. The molecule has 29 heavy (non-hydrogen) atoms. The van der Waals surface area contributed by atoms with Crippen molar-refractivity contribution < 1.29 is 44.1 Å². The number of aliphatic hydroxyl groups is 1. The number of hydrogen-bond acceptors (Lipinski definition) is 8. The highest BCUT2D eigenvalue weighted by molar-refractivity contribution is 5.94. The van der Waals surface area contributed by atoms with Crippen LogP contribution in [0.3, 0.4) is 0 Å². The van der Waals surface area contributed by atoms with Crippen LogP contribution >= 0.6 is 0 Å². The second-order valence-corrected chi connectivity index (χ2v) is 6.11. The van der Waals surface area contributed by atoms with E-state index in [2.05, 4.69) is 5.32 Å². The molecule has 0 aliphatic rings. The maximum Gasteiger partial charge on any atom is 0.326 e. The van der Waals surface area contributed by atoms with Gasteiger partial charge in [0.15, 0.2) is 0 Å². The standard InChI is InChI=1S/C15H25N5O9/c1-6(21)12(17)14(27)18-5-10(23)19-8(4-11(24)25)13(26)20-7(15(28)29)2-3-9(16)22/h6-8,12,21H,2-5,17H2,1H3,(H2,16,22)(H,18,27)(H,19,23)(H,20,26)(H,24,25)(H,28,29). The molecule has 14 nitrogen and oxygen atoms in total. The SMILES string of the molecule is CC(O)C(N)C(=O)NCC(=O)NC(CC(=O)O)C(=O)NC(CCC(N)=O)C(=O)O. The van der Waals surface area contributed by atoms with E-state index in [4.69, 9.17) is 21.7 Å². The molecule has 0 bridgehead atoms. The Bertz CT molecular complexity index is 652. The van der Waals surface area contributed by atoms with Crippen molar-refractivity contribution in [2.45, 2.75) is 50.4 Å². The van der Waals surface area contributed by atoms with Gasteiger partial charge in [-0.1, -0.05) is 0 Å². The van der Waals surface area contributed by atoms with Gasteiger partial charge in [0.25, 0.3) is 0 Å². The molecule has 4 amide bonds. The third-order valence-corrected chi connectivity index (χ3v) is 3.57. The van der Waals surface area contributed by atoms with Crippen LogP contribution in [0.5, 0.6) is 0 Å². The molecule has 0 aliphatic carbocycles. The molecular weight excluding hydrogens is 394 g/mol. The van der Waals surface area contributed by atoms with Gasteiger partial charge in [0.1, 0.15) is 18.1 Å². The van der Waals surface area contributed by atoms with Gasteiger partial charge in [-0.15, -0.1) is 0 Å². The average Bonchev–Trinajstić information content (AvgIpc) is 2.60. The fourth-order valence-corrected chi connectivity index (χ4v) is 1.95. The molecule has 0 saturated carbocycles. The Labute approximate surface area is 165 Å². The lowest BCUT2D eigenvalue weighted by Crippen LogP contribution is -2.55. The fraction of sp³-hybridized carbons (Fsp3) is 0.600. The Morgan fingerprint density at radius 2 is 1.55 bits per heavy atom. The molecule has 0 aromatic carbocycles. The summed E-state index contributed by atoms with van der Waals surface area (Å²) in [6, 6.07) is -4.49. The number of hydrogen-bond donors (Lipinski definition) is 8. The summed E-state index contributed by atoms with van der Waals surface area (Å²) in [7, 11) is 0. The molecule has 0 heterocycles. The van der Waals surface area contributed by atoms with Gasteiger partial charge in [-0.25, -0.2) is 4.79 Å². The van der Waals surface area contributed by atoms with Gasteiger partial charge in [0, 0.05) is 6.42 Å². The number of primary amides is 1. The highest BCUT2D eigenvalue weighted by Crippen LogP contribution is 2.01. The van der Waals surface area contributed by atoms with E-state index in [1.165, 1.54) is 6.92 Å². The van der Waals surface area contributed by atoms with Crippen LogP contribution in [0.4, 0.5) is 0 Å². The van der Waals surface area contributed by atoms with Crippen LogP contribution in [0.25, 0.3) is 0 Å². The first kappa shape index (κ1) is 25.7. The van der Waals surface area contributed by atoms with Crippen LogP contribution in [0.2, 0.25) is 0 Å². The van der Waals surface area contributed by atoms with Crippen molar-refractivity contribution in [1.29, 1.82) is 0 Å². The van der Waals surface area contributed by atoms with E-state index in [-0.39, 0.29) is 12.8 Å². The lowest BCUT2D eigenvalue weighted by atomic mass is 10.1. The zero-order valence-corrected chi connectivity index (χ0v) is 15.6. The normalized spacial score (nSPS) is 14.6. The molecule has 0 radical (unpaired) electrons. The topological polar surface area (TPSA) is 251 Å². The maximum absolute atomic E-state index is 12.2. The van der Waals surface area contributed by atoms with Crippen LogP contribution in [-0.4, -0.2) is 81.7 Å². The van der Waals surface area contributed by atoms with Gasteiger partial charge >= 0.3 is 11.9 Å². The lowest BCUT2D eigenvalue weighted by molar-refractivity contribution is -0.143. The summed E-state index contributed by atoms with van der Waals surface area (Å²) in [5, 5.41) is 33.3. The van der Waals surface area contributed by atoms with E-state index in [0.717, 1.165) is 0 Å². The predicted octanol–water partition coefficient (Wildman–Crippen LogP) is -4.39. The number of carboxylic acids is 2. The summed E-state index contributed by atoms with van der Waals surface area (Å²) in [6.07, 6.45) is -2.74. The minimum absolute atomic E-state index is 0.336. The highest BCUT2D eigenvalue weighted by Gasteiger charge is 2.29. The Morgan fingerprint density at radius 1 is 0.966 bits per heavy atom. The van der Waals surface area contributed by atoms with Crippen molar-refractivity contribution in [3.8, 4) is 0 Å². The molecule has 14 heteroatoms. The number of aliphatic hydroxyl groups excluding tert-OH is 1. The third kappa shape index (κ3) is 10.6. The van der Waals surface area contributed by atoms with Crippen LogP contribution < -0.4 is 27.4 Å². The van der Waals surface area contributed by atoms with Gasteiger partial charge in [-0.2, -0.15) is 0 Å². The van der Waals surface area contributed by atoms with Crippen molar-refractivity contribution in [2.24, 2.45) is 11.5 Å². The smallest absolute Gasteiger partial charge is 0.326 e. The number of carbonyl (C=O) groups is 6. The molecular formula is C15H25N5O9. The van der Waals surface area contributed by atoms with Crippen molar-refractivity contribution in [1.82, 2.24) is 16.0 Å². The number of amides is 4. The molecule has 4 atom stereocenters. The minimum atomic E-state index is -1.65. The quantitative estimate of drug-likeness (QED) is 0.142. The van der Waals surface area contributed by atoms with Gasteiger partial charge < -0.3 is 42.7 Å². The van der Waals surface area contributed by atoms with E-state index >= 15 is 0 Å². The maximum atomic E-state index is 12.2. The number of carbonyl (C=O) groups excluding carboxylic acids is 4. The Kier molecular flexibility index (Phi) is 10.9. The van der Waals surface area contributed by atoms with Crippen molar-refractivity contribution >= 4 is 35.6 Å². The minimum Gasteiger partial charge on any atom is -0.481 e. The molecule has 10 N–H and O–H groups in total. The van der Waals surface area contributed by atoms with Crippen molar-refractivity contribution in [3.63, 3.8) is 0 Å². The first-order valence-corrected chi connectivity index (χ1v) is 8.39. The van der Waals surface area contributed by atoms with E-state index < -0.39 is 72.8 Å². The van der Waals surface area contributed by atoms with E-state index in [1.807, 2.05) is 10.6 Å². The summed E-state index contributed by atoms with van der Waals surface area (Å²) in [6.45, 7) is 0.585. The highest BCUT2D eigenvalue weighted by atomic mass is 16.4. The predicted molar refractivity (Wildman–Crippen MR) is 94.8 cm³/mol. The van der Waals surface area contributed by atoms with Gasteiger partial charge in [0.2, 0.25) is 23.6 Å². The van der Waals surface area contributed by atoms with Crippen LogP contribution in [-0.2, 0) is 28.8 Å². The number of rotatable bonds is 13. The van der Waals surface area contributed by atoms with Crippen LogP contribution in [0.15, 0.2) is 0 Å². The molecule has 4 unspecified atom stereocenters. The monoisotopic (exact) mass is 419 g/mol. The number of nitrogens with two attached hydrogens (primary N) is 2. The summed E-state index contributed by atoms with van der Waals surface area (Å²) in [5.74, 6) is -6.68. The largest absolute Gasteiger partial charge is 0.481 e. The summed E-state index contributed by atoms with van der Waals surface area (Å²) < 4.78 is 0. The number of aliphatic carboxylic acids is 2.